The van der Waals surface area contributed by atoms with Gasteiger partial charge in [0.15, 0.2) is 0 Å². The van der Waals surface area contributed by atoms with E-state index >= 15 is 0 Å². The third-order valence-electron chi connectivity index (χ3n) is 3.44. The van der Waals surface area contributed by atoms with Crippen molar-refractivity contribution in [1.29, 1.82) is 0 Å². The van der Waals surface area contributed by atoms with E-state index in [-0.39, 0.29) is 17.2 Å². The summed E-state index contributed by atoms with van der Waals surface area (Å²) < 4.78 is 0. The summed E-state index contributed by atoms with van der Waals surface area (Å²) in [6.07, 6.45) is 2.09. The maximum Gasteiger partial charge on any atom is 0.273 e. The van der Waals surface area contributed by atoms with Crippen LogP contribution in [0.5, 0.6) is 0 Å². The second kappa shape index (κ2) is 5.93. The van der Waals surface area contributed by atoms with E-state index in [2.05, 4.69) is 4.90 Å². The Hall–Kier alpha value is -1.46. The Labute approximate surface area is 106 Å². The number of para-hydroxylation sites is 1. The van der Waals surface area contributed by atoms with Crippen LogP contribution in [0.3, 0.4) is 0 Å². The van der Waals surface area contributed by atoms with Crippen LogP contribution in [0.15, 0.2) is 24.3 Å². The zero-order valence-corrected chi connectivity index (χ0v) is 10.3. The number of hydrogen-bond acceptors (Lipinski definition) is 4. The van der Waals surface area contributed by atoms with Crippen molar-refractivity contribution >= 4 is 5.69 Å². The van der Waals surface area contributed by atoms with Crippen molar-refractivity contribution in [2.45, 2.75) is 19.4 Å². The summed E-state index contributed by atoms with van der Waals surface area (Å²) >= 11 is 0. The molecule has 1 aliphatic rings. The molecule has 1 N–H and O–H groups in total. The topological polar surface area (TPSA) is 66.6 Å². The lowest BCUT2D eigenvalue weighted by molar-refractivity contribution is -0.385. The number of nitrogens with zero attached hydrogens (tertiary/aromatic N) is 2. The predicted octanol–water partition coefficient (Wildman–Crippen LogP) is 1.80. The Morgan fingerprint density at radius 3 is 2.94 bits per heavy atom. The van der Waals surface area contributed by atoms with Gasteiger partial charge in [0.05, 0.1) is 4.92 Å². The number of rotatable bonds is 4. The van der Waals surface area contributed by atoms with Crippen LogP contribution in [0.4, 0.5) is 5.69 Å². The van der Waals surface area contributed by atoms with E-state index in [4.69, 9.17) is 0 Å². The summed E-state index contributed by atoms with van der Waals surface area (Å²) in [5.41, 5.74) is 0.935. The summed E-state index contributed by atoms with van der Waals surface area (Å²) in [5.74, 6) is 0.307. The second-order valence-electron chi connectivity index (χ2n) is 4.81. The van der Waals surface area contributed by atoms with Crippen LogP contribution >= 0.6 is 0 Å². The van der Waals surface area contributed by atoms with E-state index in [0.29, 0.717) is 12.5 Å². The van der Waals surface area contributed by atoms with Crippen molar-refractivity contribution in [2.75, 3.05) is 19.7 Å². The largest absolute Gasteiger partial charge is 0.396 e. The highest BCUT2D eigenvalue weighted by Gasteiger charge is 2.21. The van der Waals surface area contributed by atoms with Crippen molar-refractivity contribution in [3.63, 3.8) is 0 Å². The average Bonchev–Trinajstić information content (AvgIpc) is 2.39. The average molecular weight is 250 g/mol. The Bertz CT molecular complexity index is 422. The fourth-order valence-corrected chi connectivity index (χ4v) is 2.51. The standard InChI is InChI=1S/C13H18N2O3/c16-10-11-4-3-7-14(8-11)9-12-5-1-2-6-13(12)15(17)18/h1-2,5-6,11,16H,3-4,7-10H2/t11-/m1/s1. The van der Waals surface area contributed by atoms with Gasteiger partial charge in [-0.1, -0.05) is 18.2 Å². The predicted molar refractivity (Wildman–Crippen MR) is 68.2 cm³/mol. The van der Waals surface area contributed by atoms with Crippen LogP contribution in [-0.4, -0.2) is 34.6 Å². The first-order chi connectivity index (χ1) is 8.70. The Kier molecular flexibility index (Phi) is 4.28. The monoisotopic (exact) mass is 250 g/mol. The lowest BCUT2D eigenvalue weighted by Gasteiger charge is -2.31. The molecule has 0 aliphatic carbocycles. The second-order valence-corrected chi connectivity index (χ2v) is 4.81. The van der Waals surface area contributed by atoms with Crippen LogP contribution in [0.2, 0.25) is 0 Å². The minimum atomic E-state index is -0.331. The van der Waals surface area contributed by atoms with Crippen LogP contribution in [0.25, 0.3) is 0 Å². The molecule has 98 valence electrons. The van der Waals surface area contributed by atoms with Crippen LogP contribution in [0.1, 0.15) is 18.4 Å². The van der Waals surface area contributed by atoms with E-state index in [9.17, 15) is 15.2 Å². The summed E-state index contributed by atoms with van der Waals surface area (Å²) in [7, 11) is 0. The van der Waals surface area contributed by atoms with E-state index in [1.54, 1.807) is 18.2 Å². The van der Waals surface area contributed by atoms with Gasteiger partial charge in [-0.05, 0) is 25.3 Å². The molecule has 0 spiro atoms. The van der Waals surface area contributed by atoms with Gasteiger partial charge in [0.1, 0.15) is 0 Å². The maximum absolute atomic E-state index is 10.9. The molecule has 1 atom stereocenters. The Morgan fingerprint density at radius 2 is 2.22 bits per heavy atom. The minimum Gasteiger partial charge on any atom is -0.396 e. The molecule has 0 saturated carbocycles. The highest BCUT2D eigenvalue weighted by molar-refractivity contribution is 5.39. The van der Waals surface area contributed by atoms with Crippen LogP contribution in [0, 0.1) is 16.0 Å². The van der Waals surface area contributed by atoms with Gasteiger partial charge in [0.25, 0.3) is 5.69 Å². The lowest BCUT2D eigenvalue weighted by atomic mass is 9.98. The van der Waals surface area contributed by atoms with Gasteiger partial charge < -0.3 is 5.11 Å². The third-order valence-corrected chi connectivity index (χ3v) is 3.44. The number of aliphatic hydroxyl groups is 1. The molecular weight excluding hydrogens is 232 g/mol. The van der Waals surface area contributed by atoms with E-state index in [0.717, 1.165) is 31.5 Å². The molecule has 1 aromatic rings. The first kappa shape index (κ1) is 13.0. The van der Waals surface area contributed by atoms with E-state index in [1.807, 2.05) is 6.07 Å². The summed E-state index contributed by atoms with van der Waals surface area (Å²) in [6, 6.07) is 6.87. The molecule has 0 radical (unpaired) electrons. The van der Waals surface area contributed by atoms with Crippen molar-refractivity contribution in [3.8, 4) is 0 Å². The van der Waals surface area contributed by atoms with Gasteiger partial charge in [0, 0.05) is 31.3 Å². The molecule has 18 heavy (non-hydrogen) atoms. The summed E-state index contributed by atoms with van der Waals surface area (Å²) in [4.78, 5) is 12.8. The number of nitro groups is 1. The molecule has 2 rings (SSSR count). The molecule has 1 aliphatic heterocycles. The van der Waals surface area contributed by atoms with Gasteiger partial charge in [-0.2, -0.15) is 0 Å². The number of nitro benzene ring substituents is 1. The zero-order chi connectivity index (χ0) is 13.0. The van der Waals surface area contributed by atoms with Crippen molar-refractivity contribution in [2.24, 2.45) is 5.92 Å². The Morgan fingerprint density at radius 1 is 1.44 bits per heavy atom. The van der Waals surface area contributed by atoms with Gasteiger partial charge in [-0.25, -0.2) is 0 Å². The van der Waals surface area contributed by atoms with Gasteiger partial charge in [-0.3, -0.25) is 15.0 Å². The quantitative estimate of drug-likeness (QED) is 0.653. The molecule has 0 bridgehead atoms. The lowest BCUT2D eigenvalue weighted by Crippen LogP contribution is -2.36. The first-order valence-corrected chi connectivity index (χ1v) is 6.26. The summed E-state index contributed by atoms with van der Waals surface area (Å²) in [6.45, 7) is 2.56. The van der Waals surface area contributed by atoms with Gasteiger partial charge in [0.2, 0.25) is 0 Å². The Balaban J connectivity index is 2.07. The van der Waals surface area contributed by atoms with Crippen molar-refractivity contribution in [1.82, 2.24) is 4.90 Å². The van der Waals surface area contributed by atoms with E-state index < -0.39 is 0 Å². The van der Waals surface area contributed by atoms with Crippen molar-refractivity contribution in [3.05, 3.63) is 39.9 Å². The van der Waals surface area contributed by atoms with Crippen LogP contribution < -0.4 is 0 Å². The molecule has 5 heteroatoms. The highest BCUT2D eigenvalue weighted by atomic mass is 16.6. The number of piperidine rings is 1. The van der Waals surface area contributed by atoms with Crippen molar-refractivity contribution < 1.29 is 10.0 Å². The zero-order valence-electron chi connectivity index (χ0n) is 10.3. The molecule has 0 unspecified atom stereocenters. The summed E-state index contributed by atoms with van der Waals surface area (Å²) in [5, 5.41) is 20.1. The fraction of sp³-hybridized carbons (Fsp3) is 0.538. The number of likely N-dealkylation sites (tertiary alicyclic amines) is 1. The molecule has 0 aromatic heterocycles. The van der Waals surface area contributed by atoms with Gasteiger partial charge in [-0.15, -0.1) is 0 Å². The molecule has 1 fully saturated rings. The maximum atomic E-state index is 10.9. The molecule has 1 aromatic carbocycles. The number of benzene rings is 1. The molecular formula is C13H18N2O3. The van der Waals surface area contributed by atoms with Crippen LogP contribution in [-0.2, 0) is 6.54 Å². The normalized spacial score (nSPS) is 20.8. The molecule has 1 saturated heterocycles. The number of hydrogen-bond donors (Lipinski definition) is 1. The molecule has 1 heterocycles. The molecule has 5 nitrogen and oxygen atoms in total. The SMILES string of the molecule is O=[N+]([O-])c1ccccc1CN1CCC[C@@H](CO)C1. The van der Waals surface area contributed by atoms with Gasteiger partial charge >= 0.3 is 0 Å². The first-order valence-electron chi connectivity index (χ1n) is 6.26. The number of aliphatic hydroxyl groups excluding tert-OH is 1. The molecule has 0 amide bonds. The highest BCUT2D eigenvalue weighted by Crippen LogP contribution is 2.23. The third kappa shape index (κ3) is 3.05. The van der Waals surface area contributed by atoms with E-state index in [1.165, 1.54) is 0 Å². The smallest absolute Gasteiger partial charge is 0.273 e. The minimum absolute atomic E-state index is 0.184. The fourth-order valence-electron chi connectivity index (χ4n) is 2.51.